The Morgan fingerprint density at radius 1 is 1.00 bits per heavy atom. The third-order valence-corrected chi connectivity index (χ3v) is 5.73. The average Bonchev–Trinajstić information content (AvgIpc) is 3.01. The number of imide groups is 1. The van der Waals surface area contributed by atoms with E-state index in [9.17, 15) is 9.59 Å². The molecule has 2 atom stereocenters. The third-order valence-electron chi connectivity index (χ3n) is 5.73. The molecule has 1 aromatic rings. The lowest BCUT2D eigenvalue weighted by Gasteiger charge is -2.38. The Labute approximate surface area is 132 Å². The van der Waals surface area contributed by atoms with E-state index in [2.05, 4.69) is 39.0 Å². The van der Waals surface area contributed by atoms with Crippen LogP contribution < -0.4 is 0 Å². The van der Waals surface area contributed by atoms with Crippen molar-refractivity contribution in [2.75, 3.05) is 0 Å². The molecule has 2 aliphatic rings. The van der Waals surface area contributed by atoms with Crippen LogP contribution in [0, 0.1) is 5.92 Å². The Bertz CT molecular complexity index is 625. The highest BCUT2D eigenvalue weighted by Gasteiger charge is 2.53. The van der Waals surface area contributed by atoms with Crippen molar-refractivity contribution in [3.8, 4) is 0 Å². The molecule has 0 radical (unpaired) electrons. The van der Waals surface area contributed by atoms with Gasteiger partial charge in [0.15, 0.2) is 0 Å². The normalized spacial score (nSPS) is 25.9. The first-order valence-corrected chi connectivity index (χ1v) is 8.25. The second-order valence-corrected chi connectivity index (χ2v) is 6.29. The fourth-order valence-corrected chi connectivity index (χ4v) is 4.70. The predicted molar refractivity (Wildman–Crippen MR) is 86.2 cm³/mol. The van der Waals surface area contributed by atoms with Gasteiger partial charge in [0.1, 0.15) is 0 Å². The number of fused-ring (bicyclic) bond motifs is 1. The Morgan fingerprint density at radius 2 is 1.59 bits per heavy atom. The molecular weight excluding hydrogens is 274 g/mol. The lowest BCUT2D eigenvalue weighted by Crippen LogP contribution is -2.40. The molecule has 3 nitrogen and oxygen atoms in total. The summed E-state index contributed by atoms with van der Waals surface area (Å²) < 4.78 is 0. The number of rotatable bonds is 4. The predicted octanol–water partition coefficient (Wildman–Crippen LogP) is 3.75. The minimum atomic E-state index is -0.175. The second kappa shape index (κ2) is 5.38. The number of hydrogen-bond donors (Lipinski definition) is 0. The van der Waals surface area contributed by atoms with E-state index in [-0.39, 0.29) is 29.2 Å². The topological polar surface area (TPSA) is 37.4 Å². The van der Waals surface area contributed by atoms with E-state index in [1.54, 1.807) is 0 Å². The molecule has 2 amide bonds. The average molecular weight is 297 g/mol. The molecule has 1 aliphatic heterocycles. The van der Waals surface area contributed by atoms with E-state index in [0.29, 0.717) is 0 Å². The van der Waals surface area contributed by atoms with Crippen LogP contribution >= 0.6 is 0 Å². The minimum Gasteiger partial charge on any atom is -0.269 e. The molecule has 0 saturated heterocycles. The molecule has 0 saturated carbocycles. The van der Waals surface area contributed by atoms with Gasteiger partial charge in [-0.1, -0.05) is 51.5 Å². The maximum Gasteiger partial charge on any atom is 0.254 e. The van der Waals surface area contributed by atoms with Crippen LogP contribution in [0.3, 0.4) is 0 Å². The summed E-state index contributed by atoms with van der Waals surface area (Å²) in [5.41, 5.74) is 2.53. The second-order valence-electron chi connectivity index (χ2n) is 6.29. The van der Waals surface area contributed by atoms with Gasteiger partial charge < -0.3 is 0 Å². The monoisotopic (exact) mass is 297 g/mol. The van der Waals surface area contributed by atoms with Crippen molar-refractivity contribution in [1.29, 1.82) is 0 Å². The largest absolute Gasteiger partial charge is 0.269 e. The van der Waals surface area contributed by atoms with Gasteiger partial charge in [0.05, 0.1) is 6.04 Å². The van der Waals surface area contributed by atoms with E-state index in [1.807, 2.05) is 6.07 Å². The molecule has 0 spiro atoms. The molecule has 3 rings (SSSR count). The van der Waals surface area contributed by atoms with Crippen LogP contribution in [0.2, 0.25) is 0 Å². The van der Waals surface area contributed by atoms with E-state index < -0.39 is 0 Å². The highest BCUT2D eigenvalue weighted by molar-refractivity contribution is 6.13. The number of hydrogen-bond acceptors (Lipinski definition) is 2. The van der Waals surface area contributed by atoms with Crippen molar-refractivity contribution < 1.29 is 9.59 Å². The molecule has 0 fully saturated rings. The summed E-state index contributed by atoms with van der Waals surface area (Å²) in [7, 11) is 0. The summed E-state index contributed by atoms with van der Waals surface area (Å²) in [6.07, 6.45) is 5.81. The van der Waals surface area contributed by atoms with Crippen LogP contribution in [0.25, 0.3) is 0 Å². The molecule has 116 valence electrons. The number of carbonyl (C=O) groups excluding carboxylic acids is 2. The van der Waals surface area contributed by atoms with Crippen LogP contribution in [0.1, 0.15) is 57.2 Å². The van der Waals surface area contributed by atoms with Crippen LogP contribution in [0.4, 0.5) is 0 Å². The smallest absolute Gasteiger partial charge is 0.254 e. The molecule has 0 N–H and O–H groups in total. The van der Waals surface area contributed by atoms with E-state index in [0.717, 1.165) is 24.8 Å². The molecule has 0 bridgehead atoms. The van der Waals surface area contributed by atoms with Crippen molar-refractivity contribution in [1.82, 2.24) is 4.90 Å². The maximum atomic E-state index is 12.2. The van der Waals surface area contributed by atoms with Gasteiger partial charge in [-0.3, -0.25) is 14.5 Å². The molecule has 1 heterocycles. The van der Waals surface area contributed by atoms with Gasteiger partial charge in [0.2, 0.25) is 0 Å². The van der Waals surface area contributed by atoms with Gasteiger partial charge in [-0.05, 0) is 29.9 Å². The first-order valence-electron chi connectivity index (χ1n) is 8.25. The van der Waals surface area contributed by atoms with E-state index >= 15 is 0 Å². The van der Waals surface area contributed by atoms with Gasteiger partial charge >= 0.3 is 0 Å². The Morgan fingerprint density at radius 3 is 2.14 bits per heavy atom. The summed E-state index contributed by atoms with van der Waals surface area (Å²) >= 11 is 0. The molecule has 0 unspecified atom stereocenters. The fourth-order valence-electron chi connectivity index (χ4n) is 4.70. The first-order chi connectivity index (χ1) is 10.6. The molecule has 3 heteroatoms. The molecule has 1 aromatic carbocycles. The van der Waals surface area contributed by atoms with Crippen molar-refractivity contribution in [2.45, 2.75) is 51.5 Å². The number of amides is 2. The van der Waals surface area contributed by atoms with E-state index in [4.69, 9.17) is 0 Å². The quantitative estimate of drug-likeness (QED) is 0.794. The van der Waals surface area contributed by atoms with Crippen molar-refractivity contribution in [2.24, 2.45) is 5.92 Å². The summed E-state index contributed by atoms with van der Waals surface area (Å²) in [6.45, 7) is 6.61. The van der Waals surface area contributed by atoms with Crippen LogP contribution in [-0.4, -0.2) is 16.7 Å². The van der Waals surface area contributed by atoms with Gasteiger partial charge in [-0.25, -0.2) is 0 Å². The van der Waals surface area contributed by atoms with Crippen molar-refractivity contribution >= 4 is 11.8 Å². The van der Waals surface area contributed by atoms with Gasteiger partial charge in [0, 0.05) is 17.6 Å². The van der Waals surface area contributed by atoms with Crippen molar-refractivity contribution in [3.05, 3.63) is 47.5 Å². The van der Waals surface area contributed by atoms with Gasteiger partial charge in [-0.2, -0.15) is 0 Å². The standard InChI is InChI=1S/C19H23NO2/c1-4-14-18(20-16(21)11-12-17(20)22)13-9-7-8-10-15(13)19(14,5-2)6-3/h7-12,14,18H,4-6H2,1-3H3/t14-,18-/m1/s1. The zero-order valence-corrected chi connectivity index (χ0v) is 13.5. The zero-order chi connectivity index (χ0) is 15.9. The summed E-state index contributed by atoms with van der Waals surface area (Å²) in [5.74, 6) is -0.0646. The third kappa shape index (κ3) is 1.81. The number of carbonyl (C=O) groups is 2. The molecule has 22 heavy (non-hydrogen) atoms. The Balaban J connectivity index is 2.18. The van der Waals surface area contributed by atoms with Crippen molar-refractivity contribution in [3.63, 3.8) is 0 Å². The lowest BCUT2D eigenvalue weighted by atomic mass is 9.69. The SMILES string of the molecule is CC[C@@H]1[C@H](N2C(=O)C=CC2=O)c2ccccc2C1(CC)CC. The molecule has 1 aliphatic carbocycles. The van der Waals surface area contributed by atoms with Crippen LogP contribution in [0.15, 0.2) is 36.4 Å². The Kier molecular flexibility index (Phi) is 3.67. The van der Waals surface area contributed by atoms with Gasteiger partial charge in [-0.15, -0.1) is 0 Å². The van der Waals surface area contributed by atoms with E-state index in [1.165, 1.54) is 22.6 Å². The summed E-state index contributed by atoms with van der Waals surface area (Å²) in [4.78, 5) is 26.0. The molecular formula is C19H23NO2. The first kappa shape index (κ1) is 15.0. The van der Waals surface area contributed by atoms with Gasteiger partial charge in [0.25, 0.3) is 11.8 Å². The van der Waals surface area contributed by atoms with Crippen LogP contribution in [-0.2, 0) is 15.0 Å². The molecule has 0 aromatic heterocycles. The summed E-state index contributed by atoms with van der Waals surface area (Å²) in [5, 5.41) is 0. The summed E-state index contributed by atoms with van der Waals surface area (Å²) in [6, 6.07) is 8.23. The zero-order valence-electron chi connectivity index (χ0n) is 13.5. The highest BCUT2D eigenvalue weighted by Crippen LogP contribution is 2.56. The lowest BCUT2D eigenvalue weighted by molar-refractivity contribution is -0.141. The highest BCUT2D eigenvalue weighted by atomic mass is 16.2. The number of benzene rings is 1. The fraction of sp³-hybridized carbons (Fsp3) is 0.474. The Hall–Kier alpha value is -1.90. The minimum absolute atomic E-state index is 0.0547. The van der Waals surface area contributed by atoms with Crippen LogP contribution in [0.5, 0.6) is 0 Å². The number of nitrogens with zero attached hydrogens (tertiary/aromatic N) is 1. The maximum absolute atomic E-state index is 12.2.